The van der Waals surface area contributed by atoms with Crippen molar-refractivity contribution >= 4 is 23.1 Å². The van der Waals surface area contributed by atoms with Crippen molar-refractivity contribution in [3.8, 4) is 27.9 Å². The third-order valence-corrected chi connectivity index (χ3v) is 7.85. The Hall–Kier alpha value is -5.25. The second-order valence-electron chi connectivity index (χ2n) is 10.2. The third kappa shape index (κ3) is 4.63. The predicted molar refractivity (Wildman–Crippen MR) is 157 cm³/mol. The van der Waals surface area contributed by atoms with Crippen LogP contribution >= 0.6 is 0 Å². The van der Waals surface area contributed by atoms with Crippen molar-refractivity contribution in [3.05, 3.63) is 101 Å². The van der Waals surface area contributed by atoms with Gasteiger partial charge in [-0.05, 0) is 48.2 Å². The van der Waals surface area contributed by atoms with Gasteiger partial charge < -0.3 is 16.4 Å². The predicted octanol–water partition coefficient (Wildman–Crippen LogP) is 3.62. The maximum atomic E-state index is 13.3. The average molecular weight is 548 g/mol. The van der Waals surface area contributed by atoms with Crippen molar-refractivity contribution < 1.29 is 9.59 Å². The molecule has 1 saturated heterocycles. The summed E-state index contributed by atoms with van der Waals surface area (Å²) in [5.41, 5.74) is 16.8. The van der Waals surface area contributed by atoms with E-state index >= 15 is 0 Å². The Balaban J connectivity index is 1.39. The molecule has 0 atom stereocenters. The minimum atomic E-state index is -0.789. The number of benzene rings is 2. The van der Waals surface area contributed by atoms with E-state index in [4.69, 9.17) is 11.5 Å². The van der Waals surface area contributed by atoms with Crippen LogP contribution in [0, 0.1) is 0 Å². The summed E-state index contributed by atoms with van der Waals surface area (Å²) in [5.74, 6) is -0.113. The van der Waals surface area contributed by atoms with E-state index in [1.165, 1.54) is 10.9 Å². The monoisotopic (exact) mass is 547 g/mol. The molecule has 5 aromatic rings. The van der Waals surface area contributed by atoms with Gasteiger partial charge in [0.15, 0.2) is 5.82 Å². The summed E-state index contributed by atoms with van der Waals surface area (Å²) in [6.45, 7) is 3.00. The van der Waals surface area contributed by atoms with Gasteiger partial charge in [0, 0.05) is 54.6 Å². The van der Waals surface area contributed by atoms with Crippen LogP contribution in [0.15, 0.2) is 84.0 Å². The molecule has 1 fully saturated rings. The fraction of sp³-hybridized carbons (Fsp3) is 0.194. The quantitative estimate of drug-likeness (QED) is 0.344. The number of carbonyl (C=O) groups excluding carboxylic acids is 2. The van der Waals surface area contributed by atoms with Crippen molar-refractivity contribution in [2.45, 2.75) is 25.7 Å². The Kier molecular flexibility index (Phi) is 6.58. The highest BCUT2D eigenvalue weighted by Crippen LogP contribution is 2.37. The van der Waals surface area contributed by atoms with E-state index in [0.29, 0.717) is 41.2 Å². The highest BCUT2D eigenvalue weighted by Gasteiger charge is 2.27. The molecule has 1 aliphatic heterocycles. The van der Waals surface area contributed by atoms with Gasteiger partial charge in [0.2, 0.25) is 5.91 Å². The lowest BCUT2D eigenvalue weighted by molar-refractivity contribution is -0.129. The molecule has 2 amide bonds. The van der Waals surface area contributed by atoms with Crippen LogP contribution in [0.5, 0.6) is 0 Å². The highest BCUT2D eigenvalue weighted by atomic mass is 16.2. The van der Waals surface area contributed by atoms with Crippen LogP contribution in [0.3, 0.4) is 0 Å². The number of pyridine rings is 1. The maximum absolute atomic E-state index is 13.3. The fourth-order valence-corrected chi connectivity index (χ4v) is 5.73. The van der Waals surface area contributed by atoms with E-state index in [1.54, 1.807) is 31.3 Å². The highest BCUT2D eigenvalue weighted by molar-refractivity contribution is 6.00. The molecule has 0 saturated carbocycles. The number of anilines is 1. The molecule has 10 nitrogen and oxygen atoms in total. The van der Waals surface area contributed by atoms with E-state index in [9.17, 15) is 14.4 Å². The number of aromatic nitrogens is 4. The van der Waals surface area contributed by atoms with Crippen molar-refractivity contribution in [2.75, 3.05) is 18.8 Å². The van der Waals surface area contributed by atoms with Crippen LogP contribution in [-0.4, -0.2) is 49.0 Å². The molecular weight excluding hydrogens is 518 g/mol. The molecule has 41 heavy (non-hydrogen) atoms. The number of piperidine rings is 1. The van der Waals surface area contributed by atoms with Gasteiger partial charge in [-0.25, -0.2) is 9.50 Å². The summed E-state index contributed by atoms with van der Waals surface area (Å²) in [4.78, 5) is 43.7. The van der Waals surface area contributed by atoms with Crippen LogP contribution in [-0.2, 0) is 4.79 Å². The molecule has 6 rings (SSSR count). The molecule has 0 unspecified atom stereocenters. The first-order chi connectivity index (χ1) is 19.8. The zero-order chi connectivity index (χ0) is 28.7. The topological polar surface area (TPSA) is 142 Å². The summed E-state index contributed by atoms with van der Waals surface area (Å²) >= 11 is 0. The second kappa shape index (κ2) is 10.4. The molecule has 3 aromatic heterocycles. The number of primary amides is 1. The van der Waals surface area contributed by atoms with Gasteiger partial charge in [-0.2, -0.15) is 5.10 Å². The Labute approximate surface area is 235 Å². The number of amides is 2. The number of carbonyl (C=O) groups is 2. The van der Waals surface area contributed by atoms with E-state index in [0.717, 1.165) is 29.7 Å². The summed E-state index contributed by atoms with van der Waals surface area (Å²) in [5, 5.41) is 4.51. The number of nitrogens with two attached hydrogens (primary N) is 2. The molecule has 0 radical (unpaired) electrons. The molecule has 10 heteroatoms. The zero-order valence-electron chi connectivity index (χ0n) is 22.5. The number of hydrogen-bond acceptors (Lipinski definition) is 6. The normalized spacial score (nSPS) is 13.9. The molecule has 4 N–H and O–H groups in total. The Morgan fingerprint density at radius 3 is 2.22 bits per heavy atom. The first kappa shape index (κ1) is 26.0. The number of rotatable bonds is 5. The van der Waals surface area contributed by atoms with Crippen molar-refractivity contribution in [1.82, 2.24) is 24.1 Å². The number of para-hydroxylation sites is 1. The van der Waals surface area contributed by atoms with Crippen LogP contribution in [0.25, 0.3) is 33.5 Å². The van der Waals surface area contributed by atoms with Gasteiger partial charge in [0.1, 0.15) is 17.4 Å². The van der Waals surface area contributed by atoms with Gasteiger partial charge in [-0.3, -0.25) is 19.0 Å². The Morgan fingerprint density at radius 2 is 1.59 bits per heavy atom. The van der Waals surface area contributed by atoms with Gasteiger partial charge >= 0.3 is 0 Å². The van der Waals surface area contributed by atoms with E-state index < -0.39 is 11.5 Å². The Bertz CT molecular complexity index is 1830. The van der Waals surface area contributed by atoms with E-state index in [-0.39, 0.29) is 17.4 Å². The summed E-state index contributed by atoms with van der Waals surface area (Å²) in [6, 6.07) is 20.5. The lowest BCUT2D eigenvalue weighted by Crippen LogP contribution is -2.36. The molecule has 0 aliphatic carbocycles. The summed E-state index contributed by atoms with van der Waals surface area (Å²) < 4.78 is 3.27. The first-order valence-electron chi connectivity index (χ1n) is 13.4. The van der Waals surface area contributed by atoms with Crippen LogP contribution in [0.4, 0.5) is 5.82 Å². The molecule has 206 valence electrons. The lowest BCUT2D eigenvalue weighted by atomic mass is 9.92. The average Bonchev–Trinajstić information content (AvgIpc) is 3.38. The minimum Gasteiger partial charge on any atom is -0.382 e. The van der Waals surface area contributed by atoms with Gasteiger partial charge in [-0.1, -0.05) is 42.5 Å². The first-order valence-corrected chi connectivity index (χ1v) is 13.4. The molecular formula is C31H29N7O3. The largest absolute Gasteiger partial charge is 0.382 e. The SMILES string of the molecule is CC(=O)N1CCC(c2cc(-c3ccc(-c4ccn(-c5ccccc5)c(=O)c4C(N)=O)cc3)c3c(N)ncnn23)CC1. The standard InChI is InChI=1S/C31H29N7O3/c1-19(39)36-14-11-22(12-15-36)26-17-25(28-29(32)34-18-35-38(26)28)21-9-7-20(8-10-21)24-13-16-37(23-5-3-2-4-6-23)31(41)27(24)30(33)40/h2-10,13,16-18,22H,11-12,14-15H2,1H3,(H2,33,40)(H2,32,34,35). The van der Waals surface area contributed by atoms with Crippen molar-refractivity contribution in [3.63, 3.8) is 0 Å². The van der Waals surface area contributed by atoms with Crippen molar-refractivity contribution in [1.29, 1.82) is 0 Å². The van der Waals surface area contributed by atoms with Crippen LogP contribution in [0.1, 0.15) is 41.7 Å². The van der Waals surface area contributed by atoms with Crippen LogP contribution < -0.4 is 17.0 Å². The summed E-state index contributed by atoms with van der Waals surface area (Å²) in [7, 11) is 0. The number of fused-ring (bicyclic) bond motifs is 1. The molecule has 0 spiro atoms. The smallest absolute Gasteiger partial charge is 0.268 e. The molecule has 2 aromatic carbocycles. The fourth-order valence-electron chi connectivity index (χ4n) is 5.73. The number of nitrogens with zero attached hydrogens (tertiary/aromatic N) is 5. The van der Waals surface area contributed by atoms with Gasteiger partial charge in [0.25, 0.3) is 11.5 Å². The minimum absolute atomic E-state index is 0.0738. The van der Waals surface area contributed by atoms with E-state index in [2.05, 4.69) is 16.1 Å². The van der Waals surface area contributed by atoms with Crippen LogP contribution in [0.2, 0.25) is 0 Å². The zero-order valence-corrected chi connectivity index (χ0v) is 22.5. The third-order valence-electron chi connectivity index (χ3n) is 7.85. The Morgan fingerprint density at radius 1 is 0.927 bits per heavy atom. The number of hydrogen-bond donors (Lipinski definition) is 2. The lowest BCUT2D eigenvalue weighted by Gasteiger charge is -2.31. The molecule has 1 aliphatic rings. The maximum Gasteiger partial charge on any atom is 0.268 e. The number of likely N-dealkylation sites (tertiary alicyclic amines) is 1. The molecule has 0 bridgehead atoms. The van der Waals surface area contributed by atoms with Gasteiger partial charge in [-0.15, -0.1) is 0 Å². The van der Waals surface area contributed by atoms with E-state index in [1.807, 2.05) is 51.9 Å². The number of nitrogen functional groups attached to an aromatic ring is 1. The second-order valence-corrected chi connectivity index (χ2v) is 10.2. The molecule has 4 heterocycles. The van der Waals surface area contributed by atoms with Crippen molar-refractivity contribution in [2.24, 2.45) is 5.73 Å². The summed E-state index contributed by atoms with van der Waals surface area (Å²) in [6.07, 6.45) is 4.76. The van der Waals surface area contributed by atoms with Gasteiger partial charge in [0.05, 0.1) is 0 Å².